The van der Waals surface area contributed by atoms with E-state index in [-0.39, 0.29) is 11.8 Å². The summed E-state index contributed by atoms with van der Waals surface area (Å²) >= 11 is 0. The molecule has 1 aliphatic rings. The van der Waals surface area contributed by atoms with Crippen molar-refractivity contribution in [3.05, 3.63) is 42.0 Å². The molecule has 0 bridgehead atoms. The summed E-state index contributed by atoms with van der Waals surface area (Å²) in [5, 5.41) is 5.32. The molecule has 2 aromatic carbocycles. The van der Waals surface area contributed by atoms with Crippen LogP contribution in [-0.4, -0.2) is 19.1 Å². The molecule has 1 amide bonds. The smallest absolute Gasteiger partial charge is 0.227 e. The van der Waals surface area contributed by atoms with Gasteiger partial charge in [0, 0.05) is 6.04 Å². The fourth-order valence-electron chi connectivity index (χ4n) is 2.34. The quantitative estimate of drug-likeness (QED) is 0.925. The molecule has 1 atom stereocenters. The summed E-state index contributed by atoms with van der Waals surface area (Å²) in [4.78, 5) is 12.1. The van der Waals surface area contributed by atoms with Crippen molar-refractivity contribution >= 4 is 16.7 Å². The van der Waals surface area contributed by atoms with Gasteiger partial charge in [-0.05, 0) is 48.2 Å². The third kappa shape index (κ3) is 2.62. The molecule has 0 unspecified atom stereocenters. The third-order valence-electron chi connectivity index (χ3n) is 3.89. The van der Waals surface area contributed by atoms with E-state index in [0.29, 0.717) is 6.04 Å². The highest BCUT2D eigenvalue weighted by Gasteiger charge is 2.26. The highest BCUT2D eigenvalue weighted by molar-refractivity contribution is 5.88. The van der Waals surface area contributed by atoms with Crippen molar-refractivity contribution in [1.29, 1.82) is 0 Å². The summed E-state index contributed by atoms with van der Waals surface area (Å²) in [6.45, 7) is 1.96. The summed E-state index contributed by atoms with van der Waals surface area (Å²) in [5.74, 6) is 0.868. The average Bonchev–Trinajstić information content (AvgIpc) is 3.29. The van der Waals surface area contributed by atoms with Crippen molar-refractivity contribution in [2.75, 3.05) is 7.11 Å². The van der Waals surface area contributed by atoms with Gasteiger partial charge in [-0.3, -0.25) is 4.79 Å². The summed E-state index contributed by atoms with van der Waals surface area (Å²) in [7, 11) is 1.67. The predicted octanol–water partition coefficient (Wildman–Crippen LogP) is 3.23. The Labute approximate surface area is 118 Å². The van der Waals surface area contributed by atoms with Crippen LogP contribution in [0.15, 0.2) is 36.4 Å². The fraction of sp³-hybridized carbons (Fsp3) is 0.353. The van der Waals surface area contributed by atoms with Gasteiger partial charge < -0.3 is 10.1 Å². The topological polar surface area (TPSA) is 38.3 Å². The summed E-state index contributed by atoms with van der Waals surface area (Å²) in [6.07, 6.45) is 2.24. The zero-order valence-corrected chi connectivity index (χ0v) is 11.8. The molecule has 0 saturated heterocycles. The van der Waals surface area contributed by atoms with Crippen LogP contribution in [0.2, 0.25) is 0 Å². The summed E-state index contributed by atoms with van der Waals surface area (Å²) < 4.78 is 5.22. The molecule has 0 spiro atoms. The Hall–Kier alpha value is -2.03. The van der Waals surface area contributed by atoms with Crippen molar-refractivity contribution in [1.82, 2.24) is 5.32 Å². The van der Waals surface area contributed by atoms with Crippen molar-refractivity contribution in [3.8, 4) is 5.75 Å². The van der Waals surface area contributed by atoms with Gasteiger partial charge in [-0.15, -0.1) is 0 Å². The lowest BCUT2D eigenvalue weighted by molar-refractivity contribution is -0.122. The molecule has 1 saturated carbocycles. The largest absolute Gasteiger partial charge is 0.497 e. The number of hydrogen-bond acceptors (Lipinski definition) is 2. The van der Waals surface area contributed by atoms with Gasteiger partial charge >= 0.3 is 0 Å². The van der Waals surface area contributed by atoms with E-state index in [1.54, 1.807) is 7.11 Å². The monoisotopic (exact) mass is 269 g/mol. The van der Waals surface area contributed by atoms with Crippen LogP contribution in [0.3, 0.4) is 0 Å². The molecule has 0 aliphatic heterocycles. The van der Waals surface area contributed by atoms with E-state index in [1.165, 1.54) is 0 Å². The first kappa shape index (κ1) is 13.0. The Morgan fingerprint density at radius 1 is 1.20 bits per heavy atom. The highest BCUT2D eigenvalue weighted by atomic mass is 16.5. The van der Waals surface area contributed by atoms with Gasteiger partial charge in [0.05, 0.1) is 13.0 Å². The fourth-order valence-corrected chi connectivity index (χ4v) is 2.34. The Kier molecular flexibility index (Phi) is 3.35. The lowest BCUT2D eigenvalue weighted by Crippen LogP contribution is -2.29. The Morgan fingerprint density at radius 2 is 1.90 bits per heavy atom. The Morgan fingerprint density at radius 3 is 2.60 bits per heavy atom. The molecule has 20 heavy (non-hydrogen) atoms. The Balaban J connectivity index is 1.85. The molecule has 2 aromatic rings. The van der Waals surface area contributed by atoms with E-state index in [2.05, 4.69) is 11.4 Å². The first-order valence-electron chi connectivity index (χ1n) is 7.05. The van der Waals surface area contributed by atoms with E-state index in [1.807, 2.05) is 37.3 Å². The van der Waals surface area contributed by atoms with Gasteiger partial charge in [0.1, 0.15) is 5.75 Å². The molecular formula is C17H19NO2. The van der Waals surface area contributed by atoms with Crippen LogP contribution >= 0.6 is 0 Å². The molecule has 1 aliphatic carbocycles. The maximum absolute atomic E-state index is 12.1. The molecule has 3 heteroatoms. The molecular weight excluding hydrogens is 250 g/mol. The van der Waals surface area contributed by atoms with Gasteiger partial charge in [0.25, 0.3) is 0 Å². The minimum atomic E-state index is -0.109. The van der Waals surface area contributed by atoms with E-state index in [9.17, 15) is 4.79 Å². The molecule has 1 fully saturated rings. The van der Waals surface area contributed by atoms with Crippen LogP contribution in [0.5, 0.6) is 5.75 Å². The first-order chi connectivity index (χ1) is 9.67. The minimum absolute atomic E-state index is 0.109. The molecule has 3 nitrogen and oxygen atoms in total. The summed E-state index contributed by atoms with van der Waals surface area (Å²) in [6, 6.07) is 12.6. The zero-order chi connectivity index (χ0) is 14.1. The molecule has 104 valence electrons. The second kappa shape index (κ2) is 5.16. The lowest BCUT2D eigenvalue weighted by atomic mass is 9.97. The number of amides is 1. The number of fused-ring (bicyclic) bond motifs is 1. The SMILES string of the molecule is COc1ccc2cc([C@@H](C)C(=O)NC3CC3)ccc2c1. The van der Waals surface area contributed by atoms with Gasteiger partial charge in [-0.25, -0.2) is 0 Å². The van der Waals surface area contributed by atoms with Crippen LogP contribution in [0.1, 0.15) is 31.2 Å². The van der Waals surface area contributed by atoms with Crippen LogP contribution in [0, 0.1) is 0 Å². The van der Waals surface area contributed by atoms with Crippen LogP contribution in [0.4, 0.5) is 0 Å². The van der Waals surface area contributed by atoms with Crippen molar-refractivity contribution in [3.63, 3.8) is 0 Å². The highest BCUT2D eigenvalue weighted by Crippen LogP contribution is 2.26. The molecule has 3 rings (SSSR count). The standard InChI is InChI=1S/C17H19NO2/c1-11(17(19)18-15-6-7-15)12-3-4-14-10-16(20-2)8-5-13(14)9-12/h3-5,8-11,15H,6-7H2,1-2H3,(H,18,19)/t11-/m1/s1. The number of carbonyl (C=O) groups excluding carboxylic acids is 1. The summed E-state index contributed by atoms with van der Waals surface area (Å²) in [5.41, 5.74) is 1.06. The maximum atomic E-state index is 12.1. The number of methoxy groups -OCH3 is 1. The first-order valence-corrected chi connectivity index (χ1v) is 7.05. The van der Waals surface area contributed by atoms with Crippen LogP contribution < -0.4 is 10.1 Å². The Bertz CT molecular complexity index is 646. The second-order valence-corrected chi connectivity index (χ2v) is 5.48. The molecule has 1 N–H and O–H groups in total. The third-order valence-corrected chi connectivity index (χ3v) is 3.89. The van der Waals surface area contributed by atoms with Gasteiger partial charge in [-0.2, -0.15) is 0 Å². The lowest BCUT2D eigenvalue weighted by Gasteiger charge is -2.13. The van der Waals surface area contributed by atoms with Crippen LogP contribution in [0.25, 0.3) is 10.8 Å². The second-order valence-electron chi connectivity index (χ2n) is 5.48. The number of nitrogens with one attached hydrogen (secondary N) is 1. The van der Waals surface area contributed by atoms with E-state index in [4.69, 9.17) is 4.74 Å². The zero-order valence-electron chi connectivity index (χ0n) is 11.8. The molecule has 0 aromatic heterocycles. The predicted molar refractivity (Wildman–Crippen MR) is 80.1 cm³/mol. The number of benzene rings is 2. The average molecular weight is 269 g/mol. The van der Waals surface area contributed by atoms with Crippen molar-refractivity contribution in [2.45, 2.75) is 31.7 Å². The van der Waals surface area contributed by atoms with Crippen molar-refractivity contribution < 1.29 is 9.53 Å². The van der Waals surface area contributed by atoms with Gasteiger partial charge in [-0.1, -0.05) is 24.3 Å². The van der Waals surface area contributed by atoms with E-state index >= 15 is 0 Å². The number of rotatable bonds is 4. The van der Waals surface area contributed by atoms with Crippen LogP contribution in [-0.2, 0) is 4.79 Å². The normalized spacial score (nSPS) is 15.9. The number of carbonyl (C=O) groups is 1. The molecule has 0 heterocycles. The maximum Gasteiger partial charge on any atom is 0.227 e. The minimum Gasteiger partial charge on any atom is -0.497 e. The van der Waals surface area contributed by atoms with E-state index in [0.717, 1.165) is 34.9 Å². The number of hydrogen-bond donors (Lipinski definition) is 1. The van der Waals surface area contributed by atoms with Gasteiger partial charge in [0.15, 0.2) is 0 Å². The molecule has 0 radical (unpaired) electrons. The van der Waals surface area contributed by atoms with E-state index < -0.39 is 0 Å². The van der Waals surface area contributed by atoms with Gasteiger partial charge in [0.2, 0.25) is 5.91 Å². The van der Waals surface area contributed by atoms with Crippen molar-refractivity contribution in [2.24, 2.45) is 0 Å². The number of ether oxygens (including phenoxy) is 1.